The molecule has 0 aliphatic carbocycles. The lowest BCUT2D eigenvalue weighted by atomic mass is 10.2. The third kappa shape index (κ3) is 3.79. The number of piperazine rings is 1. The molecule has 8 heteroatoms. The number of rotatable bonds is 4. The van der Waals surface area contributed by atoms with E-state index in [0.717, 1.165) is 13.1 Å². The lowest BCUT2D eigenvalue weighted by molar-refractivity contribution is 0.0661. The second kappa shape index (κ2) is 7.92. The predicted molar refractivity (Wildman–Crippen MR) is 110 cm³/mol. The minimum Gasteiger partial charge on any atom is -0.497 e. The molecule has 0 radical (unpaired) electrons. The molecule has 2 aromatic heterocycles. The Kier molecular flexibility index (Phi) is 5.18. The number of benzene rings is 1. The van der Waals surface area contributed by atoms with Crippen molar-refractivity contribution in [1.29, 1.82) is 0 Å². The van der Waals surface area contributed by atoms with E-state index in [2.05, 4.69) is 15.2 Å². The van der Waals surface area contributed by atoms with E-state index in [1.165, 1.54) is 0 Å². The highest BCUT2D eigenvalue weighted by molar-refractivity contribution is 6.06. The lowest BCUT2D eigenvalue weighted by Crippen LogP contribution is -2.47. The van der Waals surface area contributed by atoms with E-state index in [1.54, 1.807) is 52.9 Å². The van der Waals surface area contributed by atoms with E-state index < -0.39 is 0 Å². The molecule has 29 heavy (non-hydrogen) atoms. The van der Waals surface area contributed by atoms with Crippen LogP contribution in [-0.2, 0) is 0 Å². The molecule has 0 saturated carbocycles. The third-order valence-electron chi connectivity index (χ3n) is 5.09. The SMILES string of the molecule is COc1ccc(NC(=O)c2nc(C(=O)N3CCN(C)CC3)c3ccccn23)cc1. The number of methoxy groups -OCH3 is 1. The highest BCUT2D eigenvalue weighted by Gasteiger charge is 2.27. The summed E-state index contributed by atoms with van der Waals surface area (Å²) in [6, 6.07) is 12.5. The Morgan fingerprint density at radius 3 is 2.45 bits per heavy atom. The maximum atomic E-state index is 13.1. The van der Waals surface area contributed by atoms with Gasteiger partial charge in [0.05, 0.1) is 12.6 Å². The van der Waals surface area contributed by atoms with Gasteiger partial charge in [0.15, 0.2) is 5.69 Å². The van der Waals surface area contributed by atoms with Gasteiger partial charge in [-0.25, -0.2) is 4.98 Å². The molecular weight excluding hydrogens is 370 g/mol. The standard InChI is InChI=1S/C21H23N5O3/c1-24-11-13-25(14-12-24)21(28)18-17-5-3-4-10-26(17)19(23-18)20(27)22-15-6-8-16(29-2)9-7-15/h3-10H,11-14H2,1-2H3,(H,22,27). The van der Waals surface area contributed by atoms with Crippen molar-refractivity contribution in [2.45, 2.75) is 0 Å². The first-order valence-electron chi connectivity index (χ1n) is 9.47. The van der Waals surface area contributed by atoms with Gasteiger partial charge < -0.3 is 19.9 Å². The average molecular weight is 393 g/mol. The number of carbonyl (C=O) groups excluding carboxylic acids is 2. The van der Waals surface area contributed by atoms with E-state index in [1.807, 2.05) is 19.2 Å². The van der Waals surface area contributed by atoms with E-state index >= 15 is 0 Å². The van der Waals surface area contributed by atoms with Crippen LogP contribution in [0.3, 0.4) is 0 Å². The van der Waals surface area contributed by atoms with Gasteiger partial charge in [-0.05, 0) is 43.4 Å². The summed E-state index contributed by atoms with van der Waals surface area (Å²) in [6.07, 6.45) is 1.74. The van der Waals surface area contributed by atoms with Crippen molar-refractivity contribution in [3.05, 3.63) is 60.2 Å². The molecule has 1 aromatic carbocycles. The molecule has 1 N–H and O–H groups in total. The third-order valence-corrected chi connectivity index (χ3v) is 5.09. The summed E-state index contributed by atoms with van der Waals surface area (Å²) in [5.41, 5.74) is 1.54. The van der Waals surface area contributed by atoms with Crippen LogP contribution in [-0.4, -0.2) is 71.3 Å². The van der Waals surface area contributed by atoms with E-state index in [-0.39, 0.29) is 17.6 Å². The van der Waals surface area contributed by atoms with Gasteiger partial charge in [0.1, 0.15) is 5.75 Å². The van der Waals surface area contributed by atoms with Crippen molar-refractivity contribution < 1.29 is 14.3 Å². The van der Waals surface area contributed by atoms with Gasteiger partial charge in [0.2, 0.25) is 5.82 Å². The zero-order valence-electron chi connectivity index (χ0n) is 16.5. The number of amides is 2. The van der Waals surface area contributed by atoms with Crippen molar-refractivity contribution in [1.82, 2.24) is 19.2 Å². The highest BCUT2D eigenvalue weighted by atomic mass is 16.5. The van der Waals surface area contributed by atoms with Crippen LogP contribution in [0.25, 0.3) is 5.52 Å². The fourth-order valence-corrected chi connectivity index (χ4v) is 3.38. The minimum atomic E-state index is -0.381. The quantitative estimate of drug-likeness (QED) is 0.733. The molecule has 3 heterocycles. The van der Waals surface area contributed by atoms with Gasteiger partial charge in [0, 0.05) is 38.1 Å². The summed E-state index contributed by atoms with van der Waals surface area (Å²) in [6.45, 7) is 2.94. The maximum Gasteiger partial charge on any atom is 0.292 e. The fraction of sp³-hybridized carbons (Fsp3) is 0.286. The Balaban J connectivity index is 1.63. The normalized spacial score (nSPS) is 14.8. The van der Waals surface area contributed by atoms with Gasteiger partial charge in [-0.15, -0.1) is 0 Å². The Morgan fingerprint density at radius 1 is 1.03 bits per heavy atom. The summed E-state index contributed by atoms with van der Waals surface area (Å²) in [4.78, 5) is 34.4. The smallest absolute Gasteiger partial charge is 0.292 e. The van der Waals surface area contributed by atoms with Gasteiger partial charge in [-0.1, -0.05) is 6.07 Å². The van der Waals surface area contributed by atoms with Crippen LogP contribution in [0.5, 0.6) is 5.75 Å². The van der Waals surface area contributed by atoms with Crippen molar-refractivity contribution in [2.75, 3.05) is 45.7 Å². The van der Waals surface area contributed by atoms with Crippen molar-refractivity contribution in [2.24, 2.45) is 0 Å². The summed E-state index contributed by atoms with van der Waals surface area (Å²) < 4.78 is 6.79. The first-order valence-corrected chi connectivity index (χ1v) is 9.47. The molecule has 2 amide bonds. The maximum absolute atomic E-state index is 13.1. The number of anilines is 1. The number of nitrogens with zero attached hydrogens (tertiary/aromatic N) is 4. The van der Waals surface area contributed by atoms with E-state index in [4.69, 9.17) is 4.74 Å². The molecule has 0 spiro atoms. The molecule has 0 atom stereocenters. The molecule has 0 bridgehead atoms. The van der Waals surface area contributed by atoms with Crippen molar-refractivity contribution in [3.63, 3.8) is 0 Å². The number of imidazole rings is 1. The number of likely N-dealkylation sites (N-methyl/N-ethyl adjacent to an activating group) is 1. The van der Waals surface area contributed by atoms with Crippen LogP contribution in [0.4, 0.5) is 5.69 Å². The molecule has 0 unspecified atom stereocenters. The van der Waals surface area contributed by atoms with Crippen molar-refractivity contribution in [3.8, 4) is 5.75 Å². The van der Waals surface area contributed by atoms with Crippen molar-refractivity contribution >= 4 is 23.0 Å². The van der Waals surface area contributed by atoms with Crippen LogP contribution in [0.2, 0.25) is 0 Å². The number of fused-ring (bicyclic) bond motifs is 1. The zero-order chi connectivity index (χ0) is 20.4. The Labute approximate surface area is 168 Å². The van der Waals surface area contributed by atoms with Gasteiger partial charge in [0.25, 0.3) is 11.8 Å². The zero-order valence-corrected chi connectivity index (χ0v) is 16.5. The molecule has 8 nitrogen and oxygen atoms in total. The predicted octanol–water partition coefficient (Wildman–Crippen LogP) is 1.98. The molecule has 4 rings (SSSR count). The number of hydrogen-bond donors (Lipinski definition) is 1. The Morgan fingerprint density at radius 2 is 1.76 bits per heavy atom. The first-order chi connectivity index (χ1) is 14.1. The summed E-state index contributed by atoms with van der Waals surface area (Å²) >= 11 is 0. The van der Waals surface area contributed by atoms with Crippen LogP contribution < -0.4 is 10.1 Å². The highest BCUT2D eigenvalue weighted by Crippen LogP contribution is 2.19. The van der Waals surface area contributed by atoms with Gasteiger partial charge in [-0.2, -0.15) is 0 Å². The molecule has 3 aromatic rings. The number of carbonyl (C=O) groups is 2. The Bertz CT molecular complexity index is 1040. The number of aromatic nitrogens is 2. The minimum absolute atomic E-state index is 0.148. The summed E-state index contributed by atoms with van der Waals surface area (Å²) in [5, 5.41) is 2.83. The van der Waals surface area contributed by atoms with E-state index in [0.29, 0.717) is 35.7 Å². The summed E-state index contributed by atoms with van der Waals surface area (Å²) in [5.74, 6) is 0.349. The summed E-state index contributed by atoms with van der Waals surface area (Å²) in [7, 11) is 3.62. The number of nitrogens with one attached hydrogen (secondary N) is 1. The molecule has 1 aliphatic heterocycles. The largest absolute Gasteiger partial charge is 0.497 e. The van der Waals surface area contributed by atoms with Crippen LogP contribution in [0.1, 0.15) is 21.1 Å². The molecule has 1 aliphatic rings. The van der Waals surface area contributed by atoms with Crippen LogP contribution in [0, 0.1) is 0 Å². The topological polar surface area (TPSA) is 79.2 Å². The molecule has 1 fully saturated rings. The number of hydrogen-bond acceptors (Lipinski definition) is 5. The molecule has 150 valence electrons. The monoisotopic (exact) mass is 393 g/mol. The average Bonchev–Trinajstić information content (AvgIpc) is 3.14. The second-order valence-corrected chi connectivity index (χ2v) is 7.02. The number of ether oxygens (including phenoxy) is 1. The lowest BCUT2D eigenvalue weighted by Gasteiger charge is -2.32. The first kappa shape index (κ1) is 18.9. The molecule has 1 saturated heterocycles. The van der Waals surface area contributed by atoms with Crippen LogP contribution in [0.15, 0.2) is 48.7 Å². The van der Waals surface area contributed by atoms with Gasteiger partial charge >= 0.3 is 0 Å². The fourth-order valence-electron chi connectivity index (χ4n) is 3.38. The molecular formula is C21H23N5O3. The Hall–Kier alpha value is -3.39. The van der Waals surface area contributed by atoms with E-state index in [9.17, 15) is 9.59 Å². The van der Waals surface area contributed by atoms with Crippen LogP contribution >= 0.6 is 0 Å². The second-order valence-electron chi connectivity index (χ2n) is 7.02. The number of pyridine rings is 1. The van der Waals surface area contributed by atoms with Gasteiger partial charge in [-0.3, -0.25) is 14.0 Å².